The first-order valence-electron chi connectivity index (χ1n) is 9.93. The van der Waals surface area contributed by atoms with Crippen LogP contribution < -0.4 is 9.47 Å². The van der Waals surface area contributed by atoms with Crippen molar-refractivity contribution in [3.05, 3.63) is 64.7 Å². The summed E-state index contributed by atoms with van der Waals surface area (Å²) in [4.78, 5) is 21.9. The predicted octanol–water partition coefficient (Wildman–Crippen LogP) is 5.11. The molecule has 0 bridgehead atoms. The standard InChI is InChI=1S/C13H16O3.C12H16O2/c1-4-16-13(14)8-6-11-5-7-12(15-3)10(2)9-11;1-9-8-11(5-4-10(2)13)6-7-12(9)14-3/h5-9H,4H2,1-3H3;6-8H,4-5H2,1-3H3/b8-6+;. The molecule has 0 N–H and O–H groups in total. The van der Waals surface area contributed by atoms with Crippen LogP contribution in [0.15, 0.2) is 42.5 Å². The highest BCUT2D eigenvalue weighted by atomic mass is 16.5. The molecule has 0 heterocycles. The fraction of sp³-hybridized carbons (Fsp3) is 0.360. The lowest BCUT2D eigenvalue weighted by Crippen LogP contribution is -1.98. The quantitative estimate of drug-likeness (QED) is 0.446. The van der Waals surface area contributed by atoms with Gasteiger partial charge in [-0.2, -0.15) is 0 Å². The highest BCUT2D eigenvalue weighted by Gasteiger charge is 2.01. The molecule has 0 aliphatic rings. The van der Waals surface area contributed by atoms with E-state index in [2.05, 4.69) is 6.07 Å². The Balaban J connectivity index is 0.000000303. The van der Waals surface area contributed by atoms with Gasteiger partial charge in [-0.05, 0) is 80.6 Å². The first kappa shape index (κ1) is 25.0. The number of benzene rings is 2. The van der Waals surface area contributed by atoms with E-state index in [0.29, 0.717) is 13.0 Å². The minimum Gasteiger partial charge on any atom is -0.496 e. The van der Waals surface area contributed by atoms with Gasteiger partial charge in [0.05, 0.1) is 20.8 Å². The van der Waals surface area contributed by atoms with Crippen LogP contribution in [0.4, 0.5) is 0 Å². The molecule has 0 saturated carbocycles. The third kappa shape index (κ3) is 8.95. The second-order valence-corrected chi connectivity index (χ2v) is 6.82. The van der Waals surface area contributed by atoms with E-state index in [1.165, 1.54) is 11.6 Å². The summed E-state index contributed by atoms with van der Waals surface area (Å²) in [6, 6.07) is 11.7. The SMILES string of the molecule is CCOC(=O)/C=C/c1ccc(OC)c(C)c1.COc1ccc(CCC(C)=O)cc1C. The van der Waals surface area contributed by atoms with Crippen molar-refractivity contribution in [2.24, 2.45) is 0 Å². The van der Waals surface area contributed by atoms with Crippen molar-refractivity contribution >= 4 is 17.8 Å². The number of hydrogen-bond acceptors (Lipinski definition) is 5. The van der Waals surface area contributed by atoms with Gasteiger partial charge in [0.2, 0.25) is 0 Å². The molecule has 30 heavy (non-hydrogen) atoms. The topological polar surface area (TPSA) is 61.8 Å². The summed E-state index contributed by atoms with van der Waals surface area (Å²) in [5.74, 6) is 1.65. The van der Waals surface area contributed by atoms with Crippen LogP contribution in [0.2, 0.25) is 0 Å². The molecule has 2 aromatic rings. The summed E-state index contributed by atoms with van der Waals surface area (Å²) >= 11 is 0. The van der Waals surface area contributed by atoms with Crippen molar-refractivity contribution in [2.45, 2.75) is 40.5 Å². The molecular weight excluding hydrogens is 380 g/mol. The molecule has 0 saturated heterocycles. The molecule has 0 atom stereocenters. The number of ether oxygens (including phenoxy) is 3. The molecule has 0 aromatic heterocycles. The molecule has 0 amide bonds. The first-order chi connectivity index (χ1) is 14.3. The van der Waals surface area contributed by atoms with Gasteiger partial charge in [0.25, 0.3) is 0 Å². The van der Waals surface area contributed by atoms with Gasteiger partial charge >= 0.3 is 5.97 Å². The minimum atomic E-state index is -0.323. The second kappa shape index (κ2) is 13.2. The summed E-state index contributed by atoms with van der Waals surface area (Å²) in [5, 5.41) is 0. The summed E-state index contributed by atoms with van der Waals surface area (Å²) in [5.41, 5.74) is 4.30. The average Bonchev–Trinajstić information content (AvgIpc) is 2.71. The molecule has 5 nitrogen and oxygen atoms in total. The Labute approximate surface area is 179 Å². The zero-order chi connectivity index (χ0) is 22.5. The van der Waals surface area contributed by atoms with Gasteiger partial charge in [0.1, 0.15) is 17.3 Å². The highest BCUT2D eigenvalue weighted by molar-refractivity contribution is 5.87. The molecule has 0 aliphatic carbocycles. The Hall–Kier alpha value is -3.08. The fourth-order valence-corrected chi connectivity index (χ4v) is 2.78. The van der Waals surface area contributed by atoms with Crippen molar-refractivity contribution in [2.75, 3.05) is 20.8 Å². The third-order valence-corrected chi connectivity index (χ3v) is 4.34. The van der Waals surface area contributed by atoms with Crippen molar-refractivity contribution in [3.63, 3.8) is 0 Å². The molecule has 0 radical (unpaired) electrons. The maximum atomic E-state index is 11.1. The van der Waals surface area contributed by atoms with Crippen LogP contribution in [-0.2, 0) is 20.7 Å². The van der Waals surface area contributed by atoms with Crippen LogP contribution in [0, 0.1) is 13.8 Å². The lowest BCUT2D eigenvalue weighted by Gasteiger charge is -2.06. The highest BCUT2D eigenvalue weighted by Crippen LogP contribution is 2.20. The Kier molecular flexibility index (Phi) is 11.0. The van der Waals surface area contributed by atoms with Gasteiger partial charge in [-0.15, -0.1) is 0 Å². The van der Waals surface area contributed by atoms with Crippen LogP contribution in [-0.4, -0.2) is 32.6 Å². The predicted molar refractivity (Wildman–Crippen MR) is 120 cm³/mol. The second-order valence-electron chi connectivity index (χ2n) is 6.82. The largest absolute Gasteiger partial charge is 0.496 e. The van der Waals surface area contributed by atoms with E-state index in [1.54, 1.807) is 34.1 Å². The van der Waals surface area contributed by atoms with E-state index in [9.17, 15) is 9.59 Å². The van der Waals surface area contributed by atoms with Gasteiger partial charge in [0, 0.05) is 12.5 Å². The molecule has 5 heteroatoms. The zero-order valence-corrected chi connectivity index (χ0v) is 18.8. The van der Waals surface area contributed by atoms with Crippen molar-refractivity contribution in [3.8, 4) is 11.5 Å². The fourth-order valence-electron chi connectivity index (χ4n) is 2.78. The summed E-state index contributed by atoms with van der Waals surface area (Å²) in [7, 11) is 3.30. The smallest absolute Gasteiger partial charge is 0.330 e. The molecular formula is C25H32O5. The number of ketones is 1. The molecule has 0 fully saturated rings. The number of carbonyl (C=O) groups is 2. The van der Waals surface area contributed by atoms with Gasteiger partial charge in [-0.1, -0.05) is 18.2 Å². The molecule has 0 unspecified atom stereocenters. The van der Waals surface area contributed by atoms with Crippen molar-refractivity contribution in [1.82, 2.24) is 0 Å². The van der Waals surface area contributed by atoms with Crippen LogP contribution in [0.5, 0.6) is 11.5 Å². The number of methoxy groups -OCH3 is 2. The molecule has 2 aromatic carbocycles. The maximum Gasteiger partial charge on any atom is 0.330 e. The van der Waals surface area contributed by atoms with Crippen LogP contribution in [0.1, 0.15) is 42.5 Å². The number of rotatable bonds is 8. The van der Waals surface area contributed by atoms with Gasteiger partial charge in [-0.25, -0.2) is 4.79 Å². The van der Waals surface area contributed by atoms with E-state index in [4.69, 9.17) is 14.2 Å². The van der Waals surface area contributed by atoms with E-state index in [-0.39, 0.29) is 11.8 Å². The van der Waals surface area contributed by atoms with Crippen molar-refractivity contribution < 1.29 is 23.8 Å². The van der Waals surface area contributed by atoms with Crippen LogP contribution >= 0.6 is 0 Å². The third-order valence-electron chi connectivity index (χ3n) is 4.34. The Bertz CT molecular complexity index is 868. The normalized spacial score (nSPS) is 10.2. The summed E-state index contributed by atoms with van der Waals surface area (Å²) in [6.45, 7) is 7.76. The Morgan fingerprint density at radius 1 is 0.933 bits per heavy atom. The van der Waals surface area contributed by atoms with Gasteiger partial charge in [-0.3, -0.25) is 0 Å². The minimum absolute atomic E-state index is 0.235. The van der Waals surface area contributed by atoms with Crippen molar-refractivity contribution in [1.29, 1.82) is 0 Å². The number of Topliss-reactive ketones (excluding diaryl/α,β-unsaturated/α-hetero) is 1. The molecule has 162 valence electrons. The van der Waals surface area contributed by atoms with E-state index in [1.807, 2.05) is 44.2 Å². The van der Waals surface area contributed by atoms with Gasteiger partial charge in [0.15, 0.2) is 0 Å². The number of hydrogen-bond donors (Lipinski definition) is 0. The summed E-state index contributed by atoms with van der Waals surface area (Å²) in [6.07, 6.45) is 4.58. The lowest BCUT2D eigenvalue weighted by atomic mass is 10.1. The van der Waals surface area contributed by atoms with E-state index >= 15 is 0 Å². The summed E-state index contributed by atoms with van der Waals surface area (Å²) < 4.78 is 15.1. The molecule has 0 spiro atoms. The average molecular weight is 413 g/mol. The maximum absolute atomic E-state index is 11.1. The Morgan fingerprint density at radius 2 is 1.53 bits per heavy atom. The first-order valence-corrected chi connectivity index (χ1v) is 9.93. The monoisotopic (exact) mass is 412 g/mol. The van der Waals surface area contributed by atoms with Crippen LogP contribution in [0.3, 0.4) is 0 Å². The number of aryl methyl sites for hydroxylation is 3. The molecule has 2 rings (SSSR count). The number of carbonyl (C=O) groups excluding carboxylic acids is 2. The van der Waals surface area contributed by atoms with Crippen LogP contribution in [0.25, 0.3) is 6.08 Å². The molecule has 0 aliphatic heterocycles. The van der Waals surface area contributed by atoms with E-state index in [0.717, 1.165) is 34.6 Å². The zero-order valence-electron chi connectivity index (χ0n) is 18.8. The lowest BCUT2D eigenvalue weighted by molar-refractivity contribution is -0.137. The van der Waals surface area contributed by atoms with Gasteiger partial charge < -0.3 is 19.0 Å². The van der Waals surface area contributed by atoms with E-state index < -0.39 is 0 Å². The number of esters is 1. The Morgan fingerprint density at radius 3 is 2.03 bits per heavy atom.